The van der Waals surface area contributed by atoms with Crippen LogP contribution in [0, 0.1) is 6.92 Å². The summed E-state index contributed by atoms with van der Waals surface area (Å²) in [7, 11) is 1.77. The first-order valence-electron chi connectivity index (χ1n) is 4.13. The molecule has 0 aromatic carbocycles. The minimum atomic E-state index is 0.435. The van der Waals surface area contributed by atoms with Crippen LogP contribution in [-0.2, 0) is 4.74 Å². The predicted molar refractivity (Wildman–Crippen MR) is 44.9 cm³/mol. The lowest BCUT2D eigenvalue weighted by Crippen LogP contribution is -2.03. The molecule has 0 saturated heterocycles. The second kappa shape index (κ2) is 7.07. The van der Waals surface area contributed by atoms with Crippen molar-refractivity contribution >= 4 is 0 Å². The highest BCUT2D eigenvalue weighted by Crippen LogP contribution is 2.06. The molecule has 61 valence electrons. The van der Waals surface area contributed by atoms with Gasteiger partial charge in [0.05, 0.1) is 6.10 Å². The van der Waals surface area contributed by atoms with Crippen molar-refractivity contribution in [2.75, 3.05) is 7.11 Å². The van der Waals surface area contributed by atoms with Crippen molar-refractivity contribution in [2.24, 2.45) is 0 Å². The molecular weight excluding hydrogens is 124 g/mol. The van der Waals surface area contributed by atoms with Gasteiger partial charge < -0.3 is 4.74 Å². The maximum atomic E-state index is 5.11. The monoisotopic (exact) mass is 143 g/mol. The Morgan fingerprint density at radius 3 is 2.50 bits per heavy atom. The van der Waals surface area contributed by atoms with E-state index >= 15 is 0 Å². The van der Waals surface area contributed by atoms with Crippen LogP contribution in [0.5, 0.6) is 0 Å². The molecule has 0 aromatic rings. The lowest BCUT2D eigenvalue weighted by atomic mass is 10.1. The van der Waals surface area contributed by atoms with E-state index in [2.05, 4.69) is 13.8 Å². The van der Waals surface area contributed by atoms with Crippen molar-refractivity contribution in [1.82, 2.24) is 0 Å². The highest BCUT2D eigenvalue weighted by molar-refractivity contribution is 4.50. The average Bonchev–Trinajstić information content (AvgIpc) is 1.98. The van der Waals surface area contributed by atoms with E-state index in [1.54, 1.807) is 7.11 Å². The van der Waals surface area contributed by atoms with Crippen molar-refractivity contribution in [3.05, 3.63) is 6.92 Å². The van der Waals surface area contributed by atoms with E-state index in [1.807, 2.05) is 0 Å². The zero-order valence-electron chi connectivity index (χ0n) is 7.23. The van der Waals surface area contributed by atoms with Crippen LogP contribution in [0.1, 0.15) is 39.0 Å². The van der Waals surface area contributed by atoms with E-state index in [4.69, 9.17) is 4.74 Å². The smallest absolute Gasteiger partial charge is 0.0543 e. The van der Waals surface area contributed by atoms with Crippen LogP contribution < -0.4 is 0 Å². The quantitative estimate of drug-likeness (QED) is 0.519. The standard InChI is InChI=1S/C9H19O/c1-4-5-6-7-8-9(2)10-3/h9H,1,4-8H2,2-3H3. The Kier molecular flexibility index (Phi) is 7.04. The summed E-state index contributed by atoms with van der Waals surface area (Å²) in [6, 6.07) is 0. The minimum absolute atomic E-state index is 0.435. The van der Waals surface area contributed by atoms with E-state index in [9.17, 15) is 0 Å². The van der Waals surface area contributed by atoms with Crippen LogP contribution in [0.25, 0.3) is 0 Å². The molecule has 0 bridgehead atoms. The van der Waals surface area contributed by atoms with Gasteiger partial charge in [-0.25, -0.2) is 0 Å². The Morgan fingerprint density at radius 2 is 2.00 bits per heavy atom. The van der Waals surface area contributed by atoms with Gasteiger partial charge in [-0.3, -0.25) is 0 Å². The Morgan fingerprint density at radius 1 is 1.30 bits per heavy atom. The van der Waals surface area contributed by atoms with Gasteiger partial charge in [0, 0.05) is 7.11 Å². The maximum absolute atomic E-state index is 5.11. The molecule has 0 rings (SSSR count). The van der Waals surface area contributed by atoms with Gasteiger partial charge in [-0.1, -0.05) is 32.6 Å². The summed E-state index contributed by atoms with van der Waals surface area (Å²) >= 11 is 0. The molecule has 10 heavy (non-hydrogen) atoms. The molecule has 0 aliphatic rings. The molecule has 0 spiro atoms. The second-order valence-corrected chi connectivity index (χ2v) is 2.75. The zero-order valence-corrected chi connectivity index (χ0v) is 7.23. The first-order chi connectivity index (χ1) is 4.81. The van der Waals surface area contributed by atoms with Crippen LogP contribution >= 0.6 is 0 Å². The van der Waals surface area contributed by atoms with Gasteiger partial charge in [0.2, 0.25) is 0 Å². The van der Waals surface area contributed by atoms with Crippen molar-refractivity contribution < 1.29 is 4.74 Å². The summed E-state index contributed by atoms with van der Waals surface area (Å²) in [6.07, 6.45) is 6.54. The van der Waals surface area contributed by atoms with Crippen molar-refractivity contribution in [2.45, 2.75) is 45.1 Å². The summed E-state index contributed by atoms with van der Waals surface area (Å²) in [5, 5.41) is 0. The van der Waals surface area contributed by atoms with Gasteiger partial charge in [-0.05, 0) is 13.3 Å². The highest BCUT2D eigenvalue weighted by atomic mass is 16.5. The number of methoxy groups -OCH3 is 1. The van der Waals surface area contributed by atoms with Gasteiger partial charge >= 0.3 is 0 Å². The summed E-state index contributed by atoms with van der Waals surface area (Å²) in [5.41, 5.74) is 0. The van der Waals surface area contributed by atoms with E-state index in [1.165, 1.54) is 25.7 Å². The van der Waals surface area contributed by atoms with Crippen molar-refractivity contribution in [3.63, 3.8) is 0 Å². The third kappa shape index (κ3) is 6.09. The number of hydrogen-bond acceptors (Lipinski definition) is 1. The molecule has 1 radical (unpaired) electrons. The summed E-state index contributed by atoms with van der Waals surface area (Å²) < 4.78 is 5.11. The fourth-order valence-corrected chi connectivity index (χ4v) is 0.903. The fourth-order valence-electron chi connectivity index (χ4n) is 0.903. The normalized spacial score (nSPS) is 13.5. The van der Waals surface area contributed by atoms with E-state index < -0.39 is 0 Å². The van der Waals surface area contributed by atoms with Crippen LogP contribution in [0.2, 0.25) is 0 Å². The molecule has 0 heterocycles. The van der Waals surface area contributed by atoms with Crippen LogP contribution in [-0.4, -0.2) is 13.2 Å². The number of ether oxygens (including phenoxy) is 1. The highest BCUT2D eigenvalue weighted by Gasteiger charge is 1.96. The lowest BCUT2D eigenvalue weighted by molar-refractivity contribution is 0.108. The fraction of sp³-hybridized carbons (Fsp3) is 0.889. The van der Waals surface area contributed by atoms with E-state index in [0.29, 0.717) is 6.10 Å². The molecular formula is C9H19O. The van der Waals surface area contributed by atoms with Gasteiger partial charge in [0.25, 0.3) is 0 Å². The third-order valence-corrected chi connectivity index (χ3v) is 1.76. The molecule has 1 nitrogen and oxygen atoms in total. The predicted octanol–water partition coefficient (Wildman–Crippen LogP) is 2.81. The average molecular weight is 143 g/mol. The Balaban J connectivity index is 2.89. The molecule has 0 N–H and O–H groups in total. The first kappa shape index (κ1) is 9.96. The molecule has 1 heteroatoms. The molecule has 0 aliphatic carbocycles. The summed E-state index contributed by atoms with van der Waals surface area (Å²) in [4.78, 5) is 0. The van der Waals surface area contributed by atoms with E-state index in [-0.39, 0.29) is 0 Å². The molecule has 0 amide bonds. The van der Waals surface area contributed by atoms with Crippen LogP contribution in [0.3, 0.4) is 0 Å². The molecule has 0 aliphatic heterocycles. The molecule has 0 saturated carbocycles. The minimum Gasteiger partial charge on any atom is -0.382 e. The number of unbranched alkanes of at least 4 members (excludes halogenated alkanes) is 3. The van der Waals surface area contributed by atoms with Gasteiger partial charge in [0.15, 0.2) is 0 Å². The zero-order chi connectivity index (χ0) is 7.82. The number of hydrogen-bond donors (Lipinski definition) is 0. The second-order valence-electron chi connectivity index (χ2n) is 2.75. The van der Waals surface area contributed by atoms with Gasteiger partial charge in [-0.15, -0.1) is 0 Å². The summed E-state index contributed by atoms with van der Waals surface area (Å²) in [5.74, 6) is 0. The van der Waals surface area contributed by atoms with Gasteiger partial charge in [0.1, 0.15) is 0 Å². The van der Waals surface area contributed by atoms with Crippen molar-refractivity contribution in [1.29, 1.82) is 0 Å². The van der Waals surface area contributed by atoms with Crippen LogP contribution in [0.4, 0.5) is 0 Å². The third-order valence-electron chi connectivity index (χ3n) is 1.76. The molecule has 1 atom stereocenters. The first-order valence-corrected chi connectivity index (χ1v) is 4.13. The molecule has 0 aromatic heterocycles. The topological polar surface area (TPSA) is 9.23 Å². The maximum Gasteiger partial charge on any atom is 0.0543 e. The summed E-state index contributed by atoms with van der Waals surface area (Å²) in [6.45, 7) is 5.91. The van der Waals surface area contributed by atoms with Crippen molar-refractivity contribution in [3.8, 4) is 0 Å². The SMILES string of the molecule is [CH2]CCCCCC(C)OC. The Bertz CT molecular complexity index is 61.7. The number of rotatable bonds is 6. The Labute approximate surface area is 64.8 Å². The lowest BCUT2D eigenvalue weighted by Gasteiger charge is -2.07. The molecule has 0 fully saturated rings. The Hall–Kier alpha value is -0.0400. The largest absolute Gasteiger partial charge is 0.382 e. The van der Waals surface area contributed by atoms with E-state index in [0.717, 1.165) is 6.42 Å². The van der Waals surface area contributed by atoms with Gasteiger partial charge in [-0.2, -0.15) is 0 Å². The molecule has 1 unspecified atom stereocenters. The van der Waals surface area contributed by atoms with Crippen LogP contribution in [0.15, 0.2) is 0 Å².